The fourth-order valence-corrected chi connectivity index (χ4v) is 4.72. The SMILES string of the molecule is COc1ccc(Cn2ccc3nc(C)c(C(=O)N4CCN(c5cccc(OC)c5)CC4)cc3c2=O)cc1. The second-order valence-corrected chi connectivity index (χ2v) is 9.13. The molecule has 0 aliphatic carbocycles. The Kier molecular flexibility index (Phi) is 6.81. The number of nitrogens with zero attached hydrogens (tertiary/aromatic N) is 4. The van der Waals surface area contributed by atoms with Gasteiger partial charge in [0.15, 0.2) is 0 Å². The number of amides is 1. The van der Waals surface area contributed by atoms with Crippen molar-refractivity contribution in [2.24, 2.45) is 0 Å². The van der Waals surface area contributed by atoms with Crippen LogP contribution in [0.15, 0.2) is 71.7 Å². The van der Waals surface area contributed by atoms with E-state index in [1.807, 2.05) is 66.4 Å². The second-order valence-electron chi connectivity index (χ2n) is 9.13. The van der Waals surface area contributed by atoms with Crippen molar-refractivity contribution in [3.05, 3.63) is 94.0 Å². The number of hydrogen-bond donors (Lipinski definition) is 0. The summed E-state index contributed by atoms with van der Waals surface area (Å²) in [6.07, 6.45) is 1.75. The van der Waals surface area contributed by atoms with Crippen LogP contribution in [0.3, 0.4) is 0 Å². The first-order valence-electron chi connectivity index (χ1n) is 12.3. The number of pyridine rings is 2. The summed E-state index contributed by atoms with van der Waals surface area (Å²) in [5.74, 6) is 1.48. The number of methoxy groups -OCH3 is 2. The van der Waals surface area contributed by atoms with Crippen molar-refractivity contribution in [2.75, 3.05) is 45.3 Å². The molecule has 1 aliphatic rings. The van der Waals surface area contributed by atoms with Gasteiger partial charge in [-0.15, -0.1) is 0 Å². The summed E-state index contributed by atoms with van der Waals surface area (Å²) < 4.78 is 12.2. The second kappa shape index (κ2) is 10.3. The van der Waals surface area contributed by atoms with Crippen molar-refractivity contribution >= 4 is 22.5 Å². The number of piperazine rings is 1. The highest BCUT2D eigenvalue weighted by Crippen LogP contribution is 2.23. The number of aromatic nitrogens is 2. The average molecular weight is 499 g/mol. The van der Waals surface area contributed by atoms with Gasteiger partial charge in [-0.05, 0) is 48.9 Å². The highest BCUT2D eigenvalue weighted by Gasteiger charge is 2.25. The molecule has 2 aromatic carbocycles. The molecule has 1 fully saturated rings. The number of aryl methyl sites for hydroxylation is 1. The van der Waals surface area contributed by atoms with Gasteiger partial charge in [-0.1, -0.05) is 18.2 Å². The number of carbonyl (C=O) groups excluding carboxylic acids is 1. The van der Waals surface area contributed by atoms with Crippen LogP contribution < -0.4 is 19.9 Å². The fraction of sp³-hybridized carbons (Fsp3) is 0.276. The Hall–Kier alpha value is -4.33. The van der Waals surface area contributed by atoms with Gasteiger partial charge in [0.25, 0.3) is 11.5 Å². The molecule has 0 unspecified atom stereocenters. The van der Waals surface area contributed by atoms with E-state index >= 15 is 0 Å². The Morgan fingerprint density at radius 3 is 2.35 bits per heavy atom. The van der Waals surface area contributed by atoms with Crippen molar-refractivity contribution < 1.29 is 14.3 Å². The zero-order valence-corrected chi connectivity index (χ0v) is 21.3. The quantitative estimate of drug-likeness (QED) is 0.403. The van der Waals surface area contributed by atoms with Crippen LogP contribution in [0.5, 0.6) is 11.5 Å². The van der Waals surface area contributed by atoms with Gasteiger partial charge < -0.3 is 23.8 Å². The predicted octanol–water partition coefficient (Wildman–Crippen LogP) is 3.73. The fourth-order valence-electron chi connectivity index (χ4n) is 4.72. The minimum atomic E-state index is -0.169. The lowest BCUT2D eigenvalue weighted by Gasteiger charge is -2.36. The van der Waals surface area contributed by atoms with Gasteiger partial charge in [0.1, 0.15) is 11.5 Å². The van der Waals surface area contributed by atoms with Crippen LogP contribution in [-0.2, 0) is 6.54 Å². The number of benzene rings is 2. The summed E-state index contributed by atoms with van der Waals surface area (Å²) in [5.41, 5.74) is 3.58. The summed E-state index contributed by atoms with van der Waals surface area (Å²) >= 11 is 0. The Balaban J connectivity index is 1.36. The number of carbonyl (C=O) groups is 1. The minimum Gasteiger partial charge on any atom is -0.497 e. The third-order valence-electron chi connectivity index (χ3n) is 6.87. The maximum Gasteiger partial charge on any atom is 0.260 e. The Morgan fingerprint density at radius 2 is 1.65 bits per heavy atom. The maximum absolute atomic E-state index is 13.5. The Bertz CT molecular complexity index is 1490. The molecule has 8 nitrogen and oxygen atoms in total. The standard InChI is InChI=1S/C29H30N4O4/c1-20-25(28(34)32-15-13-31(14-16-32)22-5-4-6-24(17-22)37-3)18-26-27(30-20)11-12-33(29(26)35)19-21-7-9-23(36-2)10-8-21/h4-12,17-18H,13-16,19H2,1-3H3. The molecule has 4 aromatic rings. The highest BCUT2D eigenvalue weighted by atomic mass is 16.5. The smallest absolute Gasteiger partial charge is 0.260 e. The van der Waals surface area contributed by atoms with Crippen LogP contribution in [0.1, 0.15) is 21.6 Å². The lowest BCUT2D eigenvalue weighted by Crippen LogP contribution is -2.49. The Labute approximate surface area is 215 Å². The van der Waals surface area contributed by atoms with Crippen molar-refractivity contribution in [1.82, 2.24) is 14.5 Å². The minimum absolute atomic E-state index is 0.0952. The molecule has 5 rings (SSSR count). The molecule has 1 amide bonds. The van der Waals surface area contributed by atoms with Crippen LogP contribution in [0, 0.1) is 6.92 Å². The highest BCUT2D eigenvalue weighted by molar-refractivity contribution is 5.98. The lowest BCUT2D eigenvalue weighted by molar-refractivity contribution is 0.0745. The summed E-state index contributed by atoms with van der Waals surface area (Å²) in [5, 5.41) is 0.444. The van der Waals surface area contributed by atoms with Crippen molar-refractivity contribution in [1.29, 1.82) is 0 Å². The molecule has 1 saturated heterocycles. The first-order chi connectivity index (χ1) is 18.0. The van der Waals surface area contributed by atoms with Gasteiger partial charge >= 0.3 is 0 Å². The molecule has 0 atom stereocenters. The lowest BCUT2D eigenvalue weighted by atomic mass is 10.1. The van der Waals surface area contributed by atoms with Gasteiger partial charge in [-0.25, -0.2) is 0 Å². The normalized spacial score (nSPS) is 13.6. The van der Waals surface area contributed by atoms with Crippen LogP contribution in [-0.4, -0.2) is 60.8 Å². The van der Waals surface area contributed by atoms with Crippen molar-refractivity contribution in [2.45, 2.75) is 13.5 Å². The molecule has 2 aromatic heterocycles. The zero-order valence-electron chi connectivity index (χ0n) is 21.3. The van der Waals surface area contributed by atoms with E-state index in [4.69, 9.17) is 9.47 Å². The number of hydrogen-bond acceptors (Lipinski definition) is 6. The number of anilines is 1. The first-order valence-corrected chi connectivity index (χ1v) is 12.3. The molecule has 190 valence electrons. The third kappa shape index (κ3) is 5.00. The molecular weight excluding hydrogens is 468 g/mol. The number of ether oxygens (including phenoxy) is 2. The van der Waals surface area contributed by atoms with E-state index in [9.17, 15) is 9.59 Å². The average Bonchev–Trinajstić information content (AvgIpc) is 2.94. The summed E-state index contributed by atoms with van der Waals surface area (Å²) in [7, 11) is 3.28. The topological polar surface area (TPSA) is 76.9 Å². The van der Waals surface area contributed by atoms with E-state index < -0.39 is 0 Å². The molecule has 0 bridgehead atoms. The van der Waals surface area contributed by atoms with Crippen LogP contribution in [0.4, 0.5) is 5.69 Å². The van der Waals surface area contributed by atoms with Crippen LogP contribution in [0.25, 0.3) is 10.9 Å². The summed E-state index contributed by atoms with van der Waals surface area (Å²) in [6.45, 7) is 4.85. The molecule has 1 aliphatic heterocycles. The number of fused-ring (bicyclic) bond motifs is 1. The predicted molar refractivity (Wildman–Crippen MR) is 144 cm³/mol. The van der Waals surface area contributed by atoms with Crippen molar-refractivity contribution in [3.8, 4) is 11.5 Å². The van der Waals surface area contributed by atoms with E-state index in [2.05, 4.69) is 9.88 Å². The van der Waals surface area contributed by atoms with E-state index in [0.717, 1.165) is 22.7 Å². The van der Waals surface area contributed by atoms with Gasteiger partial charge in [0.2, 0.25) is 0 Å². The molecule has 0 radical (unpaired) electrons. The molecule has 8 heteroatoms. The van der Waals surface area contributed by atoms with E-state index in [-0.39, 0.29) is 11.5 Å². The molecule has 0 saturated carbocycles. The first kappa shape index (κ1) is 24.4. The van der Waals surface area contributed by atoms with E-state index in [1.165, 1.54) is 0 Å². The zero-order chi connectivity index (χ0) is 25.9. The van der Waals surface area contributed by atoms with E-state index in [1.54, 1.807) is 31.0 Å². The largest absolute Gasteiger partial charge is 0.497 e. The third-order valence-corrected chi connectivity index (χ3v) is 6.87. The molecular formula is C29H30N4O4. The van der Waals surface area contributed by atoms with Gasteiger partial charge in [-0.2, -0.15) is 0 Å². The van der Waals surface area contributed by atoms with Gasteiger partial charge in [0, 0.05) is 44.1 Å². The van der Waals surface area contributed by atoms with Crippen molar-refractivity contribution in [3.63, 3.8) is 0 Å². The summed E-state index contributed by atoms with van der Waals surface area (Å²) in [4.78, 5) is 35.5. The molecule has 37 heavy (non-hydrogen) atoms. The molecule has 3 heterocycles. The monoisotopic (exact) mass is 498 g/mol. The van der Waals surface area contributed by atoms with E-state index in [0.29, 0.717) is 54.9 Å². The number of rotatable bonds is 6. The molecule has 0 N–H and O–H groups in total. The van der Waals surface area contributed by atoms with Crippen LogP contribution >= 0.6 is 0 Å². The molecule has 0 spiro atoms. The summed E-state index contributed by atoms with van der Waals surface area (Å²) in [6, 6.07) is 19.1. The maximum atomic E-state index is 13.5. The van der Waals surface area contributed by atoms with Crippen LogP contribution in [0.2, 0.25) is 0 Å². The van der Waals surface area contributed by atoms with Gasteiger partial charge in [0.05, 0.1) is 42.9 Å². The van der Waals surface area contributed by atoms with Gasteiger partial charge in [-0.3, -0.25) is 14.6 Å². The Morgan fingerprint density at radius 1 is 0.919 bits per heavy atom.